The Morgan fingerprint density at radius 3 is 2.40 bits per heavy atom. The van der Waals surface area contributed by atoms with E-state index in [0.29, 0.717) is 5.92 Å². The van der Waals surface area contributed by atoms with E-state index in [0.717, 1.165) is 44.1 Å². The minimum Gasteiger partial charge on any atom is -0.0955 e. The van der Waals surface area contributed by atoms with Crippen molar-refractivity contribution in [2.24, 2.45) is 5.92 Å². The third kappa shape index (κ3) is 5.57. The maximum absolute atomic E-state index is 4.80. The predicted molar refractivity (Wildman–Crippen MR) is 185 cm³/mol. The molecule has 0 spiro atoms. The molecular formula is C42H48. The molecule has 0 bridgehead atoms. The highest BCUT2D eigenvalue weighted by Crippen LogP contribution is 2.55. The highest BCUT2D eigenvalue weighted by Gasteiger charge is 2.41. The Kier molecular flexibility index (Phi) is 8.74. The Bertz CT molecular complexity index is 1620. The van der Waals surface area contributed by atoms with Gasteiger partial charge in [0.2, 0.25) is 0 Å². The van der Waals surface area contributed by atoms with Crippen LogP contribution in [0.1, 0.15) is 99.6 Å². The molecule has 0 N–H and O–H groups in total. The molecule has 0 saturated heterocycles. The van der Waals surface area contributed by atoms with Crippen LogP contribution in [0.3, 0.4) is 0 Å². The lowest BCUT2D eigenvalue weighted by atomic mass is 9.68. The molecule has 42 heavy (non-hydrogen) atoms. The zero-order valence-corrected chi connectivity index (χ0v) is 26.8. The van der Waals surface area contributed by atoms with Crippen molar-refractivity contribution in [1.29, 1.82) is 0 Å². The van der Waals surface area contributed by atoms with Crippen LogP contribution in [0.15, 0.2) is 119 Å². The van der Waals surface area contributed by atoms with E-state index in [4.69, 9.17) is 6.58 Å². The second-order valence-electron chi connectivity index (χ2n) is 12.7. The van der Waals surface area contributed by atoms with Crippen molar-refractivity contribution in [3.63, 3.8) is 0 Å². The van der Waals surface area contributed by atoms with Gasteiger partial charge in [0.05, 0.1) is 0 Å². The lowest BCUT2D eigenvalue weighted by Gasteiger charge is -2.36. The van der Waals surface area contributed by atoms with Gasteiger partial charge in [-0.3, -0.25) is 0 Å². The number of hydrogen-bond acceptors (Lipinski definition) is 0. The van der Waals surface area contributed by atoms with Crippen LogP contribution in [0.4, 0.5) is 0 Å². The van der Waals surface area contributed by atoms with Crippen molar-refractivity contribution >= 4 is 11.1 Å². The van der Waals surface area contributed by atoms with Gasteiger partial charge in [-0.2, -0.15) is 0 Å². The zero-order chi connectivity index (χ0) is 30.1. The monoisotopic (exact) mass is 552 g/mol. The summed E-state index contributed by atoms with van der Waals surface area (Å²) in [5, 5.41) is 0. The smallest absolute Gasteiger partial charge is 0.0203 e. The van der Waals surface area contributed by atoms with Crippen molar-refractivity contribution in [2.75, 3.05) is 0 Å². The molecule has 0 heteroatoms. The summed E-state index contributed by atoms with van der Waals surface area (Å²) in [5.41, 5.74) is 20.4. The topological polar surface area (TPSA) is 0 Å². The number of rotatable bonds is 9. The van der Waals surface area contributed by atoms with Crippen molar-refractivity contribution in [1.82, 2.24) is 0 Å². The molecule has 0 aliphatic heterocycles. The molecule has 0 nitrogen and oxygen atoms in total. The summed E-state index contributed by atoms with van der Waals surface area (Å²) in [6.07, 6.45) is 15.7. The van der Waals surface area contributed by atoms with E-state index in [-0.39, 0.29) is 5.92 Å². The average molecular weight is 553 g/mol. The van der Waals surface area contributed by atoms with E-state index < -0.39 is 0 Å². The molecular weight excluding hydrogens is 504 g/mol. The van der Waals surface area contributed by atoms with E-state index in [9.17, 15) is 0 Å². The van der Waals surface area contributed by atoms with Crippen molar-refractivity contribution in [3.05, 3.63) is 153 Å². The summed E-state index contributed by atoms with van der Waals surface area (Å²) in [7, 11) is 0. The Morgan fingerprint density at radius 2 is 1.71 bits per heavy atom. The van der Waals surface area contributed by atoms with Gasteiger partial charge in [-0.25, -0.2) is 0 Å². The van der Waals surface area contributed by atoms with Gasteiger partial charge in [0.1, 0.15) is 0 Å². The van der Waals surface area contributed by atoms with Gasteiger partial charge < -0.3 is 0 Å². The highest BCUT2D eigenvalue weighted by atomic mass is 14.4. The van der Waals surface area contributed by atoms with Gasteiger partial charge in [0.25, 0.3) is 0 Å². The number of allylic oxidation sites excluding steroid dienone is 13. The first-order valence-corrected chi connectivity index (χ1v) is 15.9. The first kappa shape index (κ1) is 29.8. The molecule has 2 atom stereocenters. The lowest BCUT2D eigenvalue weighted by molar-refractivity contribution is 0.613. The second kappa shape index (κ2) is 12.3. The van der Waals surface area contributed by atoms with Crippen molar-refractivity contribution in [3.8, 4) is 0 Å². The quantitative estimate of drug-likeness (QED) is 0.290. The molecule has 1 saturated carbocycles. The Labute approximate surface area is 255 Å². The molecule has 2 aromatic carbocycles. The van der Waals surface area contributed by atoms with Gasteiger partial charge >= 0.3 is 0 Å². The molecule has 3 aliphatic rings. The summed E-state index contributed by atoms with van der Waals surface area (Å²) >= 11 is 0. The lowest BCUT2D eigenvalue weighted by Crippen LogP contribution is -2.22. The minimum atomic E-state index is 0.281. The zero-order valence-electron chi connectivity index (χ0n) is 26.8. The molecule has 0 amide bonds. The van der Waals surface area contributed by atoms with Crippen LogP contribution in [0.5, 0.6) is 0 Å². The van der Waals surface area contributed by atoms with Crippen LogP contribution >= 0.6 is 0 Å². The Morgan fingerprint density at radius 1 is 0.929 bits per heavy atom. The molecule has 2 aromatic rings. The molecule has 0 aromatic heterocycles. The van der Waals surface area contributed by atoms with E-state index in [1.165, 1.54) is 78.0 Å². The maximum atomic E-state index is 4.80. The molecule has 3 aliphatic carbocycles. The van der Waals surface area contributed by atoms with Crippen LogP contribution in [-0.2, 0) is 12.8 Å². The van der Waals surface area contributed by atoms with E-state index >= 15 is 0 Å². The highest BCUT2D eigenvalue weighted by molar-refractivity contribution is 5.77. The second-order valence-corrected chi connectivity index (χ2v) is 12.7. The van der Waals surface area contributed by atoms with Crippen LogP contribution in [0.2, 0.25) is 0 Å². The molecule has 1 fully saturated rings. The summed E-state index contributed by atoms with van der Waals surface area (Å²) in [5.74, 6) is 0.578. The molecule has 0 heterocycles. The fourth-order valence-electron chi connectivity index (χ4n) is 7.43. The predicted octanol–water partition coefficient (Wildman–Crippen LogP) is 11.8. The Balaban J connectivity index is 1.49. The van der Waals surface area contributed by atoms with E-state index in [1.807, 2.05) is 0 Å². The number of aryl methyl sites for hydroxylation is 3. The van der Waals surface area contributed by atoms with Gasteiger partial charge in [-0.1, -0.05) is 118 Å². The van der Waals surface area contributed by atoms with Gasteiger partial charge in [0, 0.05) is 11.8 Å². The first-order valence-electron chi connectivity index (χ1n) is 15.9. The fourth-order valence-corrected chi connectivity index (χ4v) is 7.43. The molecule has 2 unspecified atom stereocenters. The van der Waals surface area contributed by atoms with E-state index in [1.54, 1.807) is 0 Å². The normalized spacial score (nSPS) is 21.0. The molecule has 0 radical (unpaired) electrons. The third-order valence-electron chi connectivity index (χ3n) is 9.64. The third-order valence-corrected chi connectivity index (χ3v) is 9.64. The van der Waals surface area contributed by atoms with Crippen LogP contribution in [0.25, 0.3) is 11.1 Å². The van der Waals surface area contributed by atoms with Crippen molar-refractivity contribution < 1.29 is 0 Å². The van der Waals surface area contributed by atoms with Crippen LogP contribution in [-0.4, -0.2) is 0 Å². The van der Waals surface area contributed by atoms with Gasteiger partial charge in [-0.15, -0.1) is 0 Å². The number of fused-ring (bicyclic) bond motifs is 1. The maximum Gasteiger partial charge on any atom is 0.0203 e. The SMILES string of the molecule is C=C(CCC)C1=C(C)C=C2CC(=CC3=CC=C(c4ccc(C)c(C(=C)C)c4)C3)C(=C)C2C1c1cc(CC)ccc1CC. The van der Waals surface area contributed by atoms with Gasteiger partial charge in [-0.05, 0) is 126 Å². The van der Waals surface area contributed by atoms with E-state index in [2.05, 4.69) is 115 Å². The number of hydrogen-bond donors (Lipinski definition) is 0. The summed E-state index contributed by atoms with van der Waals surface area (Å²) in [6, 6.07) is 14.0. The van der Waals surface area contributed by atoms with Crippen LogP contribution in [0, 0.1) is 12.8 Å². The molecule has 5 rings (SSSR count). The Hall–Kier alpha value is -3.64. The summed E-state index contributed by atoms with van der Waals surface area (Å²) in [4.78, 5) is 0. The van der Waals surface area contributed by atoms with Crippen molar-refractivity contribution in [2.45, 2.75) is 86.0 Å². The minimum absolute atomic E-state index is 0.281. The standard InChI is InChI=1S/C42H48/c1-10-13-28(7)40-29(8)20-37-24-36(30(9)41(37)42(40)39-23-31(11-2)15-18-33(39)12-3)22-32-16-19-34(21-32)35-17-14-27(6)38(25-35)26(4)5/h14-20,22-23,25,41-42H,4,7,9-13,21,24H2,1-3,5-6,8H3. The molecule has 216 valence electrons. The average Bonchev–Trinajstić information content (AvgIpc) is 3.56. The fraction of sp³-hybridized carbons (Fsp3) is 0.333. The van der Waals surface area contributed by atoms with Crippen LogP contribution < -0.4 is 0 Å². The first-order chi connectivity index (χ1) is 20.2. The summed E-state index contributed by atoms with van der Waals surface area (Å²) < 4.78 is 0. The number of benzene rings is 2. The van der Waals surface area contributed by atoms with Gasteiger partial charge in [0.15, 0.2) is 0 Å². The largest absolute Gasteiger partial charge is 0.0955 e. The summed E-state index contributed by atoms with van der Waals surface area (Å²) in [6.45, 7) is 27.0.